The zero-order valence-corrected chi connectivity index (χ0v) is 14.9. The lowest BCUT2D eigenvalue weighted by atomic mass is 9.83. The highest BCUT2D eigenvalue weighted by Gasteiger charge is 2.82. The molecule has 0 aromatic rings. The number of halogens is 6. The molecule has 0 saturated carbocycles. The minimum atomic E-state index is -6.09. The Balaban J connectivity index is 6.12. The molecular formula is C16H22F6O4. The molecule has 0 amide bonds. The van der Waals surface area contributed by atoms with Gasteiger partial charge in [-0.25, -0.2) is 4.79 Å². The van der Waals surface area contributed by atoms with Gasteiger partial charge in [-0.2, -0.15) is 26.3 Å². The van der Waals surface area contributed by atoms with Crippen LogP contribution in [0.25, 0.3) is 0 Å². The summed E-state index contributed by atoms with van der Waals surface area (Å²) in [6, 6.07) is 0. The van der Waals surface area contributed by atoms with E-state index in [2.05, 4.69) is 16.1 Å². The number of carbonyl (C=O) groups excluding carboxylic acids is 2. The van der Waals surface area contributed by atoms with E-state index in [1.807, 2.05) is 0 Å². The zero-order valence-electron chi connectivity index (χ0n) is 14.9. The van der Waals surface area contributed by atoms with Crippen molar-refractivity contribution in [3.8, 4) is 0 Å². The molecular weight excluding hydrogens is 370 g/mol. The molecule has 0 N–H and O–H groups in total. The number of rotatable bonds is 8. The van der Waals surface area contributed by atoms with Crippen molar-refractivity contribution < 1.29 is 45.4 Å². The minimum Gasteiger partial charge on any atom is -0.451 e. The van der Waals surface area contributed by atoms with Gasteiger partial charge < -0.3 is 9.47 Å². The molecule has 0 radical (unpaired) electrons. The molecule has 0 aliphatic carbocycles. The summed E-state index contributed by atoms with van der Waals surface area (Å²) in [5, 5.41) is 0. The quantitative estimate of drug-likeness (QED) is 0.256. The molecule has 26 heavy (non-hydrogen) atoms. The Hall–Kier alpha value is -1.74. The molecule has 0 aliphatic rings. The lowest BCUT2D eigenvalue weighted by Crippen LogP contribution is -2.71. The average molecular weight is 392 g/mol. The van der Waals surface area contributed by atoms with E-state index in [0.717, 1.165) is 6.92 Å². The summed E-state index contributed by atoms with van der Waals surface area (Å²) in [5.41, 5.74) is -8.73. The van der Waals surface area contributed by atoms with Crippen LogP contribution in [-0.4, -0.2) is 35.5 Å². The first-order valence-corrected chi connectivity index (χ1v) is 7.77. The first kappa shape index (κ1) is 24.3. The highest BCUT2D eigenvalue weighted by molar-refractivity contribution is 5.87. The van der Waals surface area contributed by atoms with Crippen LogP contribution in [0.4, 0.5) is 26.3 Å². The lowest BCUT2D eigenvalue weighted by Gasteiger charge is -2.45. The summed E-state index contributed by atoms with van der Waals surface area (Å²) >= 11 is 0. The van der Waals surface area contributed by atoms with Crippen LogP contribution in [-0.2, 0) is 19.1 Å². The summed E-state index contributed by atoms with van der Waals surface area (Å²) in [6.07, 6.45) is -11.7. The van der Waals surface area contributed by atoms with E-state index in [1.165, 1.54) is 0 Å². The van der Waals surface area contributed by atoms with Crippen LogP contribution >= 0.6 is 0 Å². The van der Waals surface area contributed by atoms with Gasteiger partial charge in [-0.1, -0.05) is 26.3 Å². The Labute approximate surface area is 147 Å². The van der Waals surface area contributed by atoms with Crippen molar-refractivity contribution in [1.29, 1.82) is 0 Å². The molecule has 0 heterocycles. The van der Waals surface area contributed by atoms with Gasteiger partial charge in [0.15, 0.2) is 5.60 Å². The predicted molar refractivity (Wildman–Crippen MR) is 80.1 cm³/mol. The normalized spacial score (nSPS) is 13.3. The number of esters is 2. The Kier molecular flexibility index (Phi) is 7.75. The van der Waals surface area contributed by atoms with Crippen molar-refractivity contribution in [1.82, 2.24) is 0 Å². The third-order valence-electron chi connectivity index (χ3n) is 3.59. The lowest BCUT2D eigenvalue weighted by molar-refractivity contribution is -0.407. The van der Waals surface area contributed by atoms with Gasteiger partial charge in [0, 0.05) is 12.0 Å². The third kappa shape index (κ3) is 5.14. The maximum absolute atomic E-state index is 13.6. The number of alkyl halides is 6. The molecule has 152 valence electrons. The second kappa shape index (κ2) is 8.30. The summed E-state index contributed by atoms with van der Waals surface area (Å²) in [7, 11) is 0. The van der Waals surface area contributed by atoms with Crippen LogP contribution in [0.2, 0.25) is 0 Å². The fourth-order valence-electron chi connectivity index (χ4n) is 2.21. The molecule has 0 atom stereocenters. The highest BCUT2D eigenvalue weighted by atomic mass is 19.4. The maximum Gasteiger partial charge on any atom is 0.441 e. The van der Waals surface area contributed by atoms with Crippen LogP contribution in [0.1, 0.15) is 53.4 Å². The van der Waals surface area contributed by atoms with Crippen molar-refractivity contribution in [2.24, 2.45) is 0 Å². The Morgan fingerprint density at radius 2 is 1.38 bits per heavy atom. The second-order valence-corrected chi connectivity index (χ2v) is 6.29. The summed E-state index contributed by atoms with van der Waals surface area (Å²) in [4.78, 5) is 23.3. The van der Waals surface area contributed by atoms with Crippen LogP contribution in [0.15, 0.2) is 12.2 Å². The van der Waals surface area contributed by atoms with Crippen molar-refractivity contribution in [2.45, 2.75) is 76.9 Å². The predicted octanol–water partition coefficient (Wildman–Crippen LogP) is 4.87. The first-order valence-electron chi connectivity index (χ1n) is 7.77. The minimum absolute atomic E-state index is 0.0626. The Bertz CT molecular complexity index is 520. The average Bonchev–Trinajstić information content (AvgIpc) is 2.41. The molecule has 0 unspecified atom stereocenters. The van der Waals surface area contributed by atoms with Crippen molar-refractivity contribution in [2.75, 3.05) is 0 Å². The fraction of sp³-hybridized carbons (Fsp3) is 0.750. The molecule has 0 fully saturated rings. The fourth-order valence-corrected chi connectivity index (χ4v) is 2.21. The molecule has 0 rings (SSSR count). The van der Waals surface area contributed by atoms with Gasteiger partial charge >= 0.3 is 29.9 Å². The Morgan fingerprint density at radius 3 is 1.73 bits per heavy atom. The van der Waals surface area contributed by atoms with E-state index in [9.17, 15) is 35.9 Å². The van der Waals surface area contributed by atoms with Gasteiger partial charge in [0.2, 0.25) is 0 Å². The van der Waals surface area contributed by atoms with E-state index in [1.54, 1.807) is 6.92 Å². The molecule has 0 saturated heterocycles. The topological polar surface area (TPSA) is 52.6 Å². The van der Waals surface area contributed by atoms with Gasteiger partial charge in [-0.05, 0) is 27.2 Å². The molecule has 0 aromatic carbocycles. The number of ether oxygens (including phenoxy) is 2. The van der Waals surface area contributed by atoms with Crippen molar-refractivity contribution >= 4 is 11.9 Å². The number of hydrogen-bond donors (Lipinski definition) is 0. The molecule has 0 aromatic heterocycles. The van der Waals surface area contributed by atoms with E-state index >= 15 is 0 Å². The molecule has 0 bridgehead atoms. The summed E-state index contributed by atoms with van der Waals surface area (Å²) in [5.74, 6) is -3.16. The van der Waals surface area contributed by atoms with Crippen LogP contribution in [0, 0.1) is 0 Å². The standard InChI is InChI=1S/C16H22F6O4/c1-6-7-8-9-11(23)25-14(15(17,18)19,16(20,21)22)13(4,5)26-12(24)10(2)3/h2,6-9H2,1,3-5H3. The van der Waals surface area contributed by atoms with Crippen molar-refractivity contribution in [3.05, 3.63) is 12.2 Å². The first-order chi connectivity index (χ1) is 11.5. The van der Waals surface area contributed by atoms with Gasteiger partial charge in [-0.15, -0.1) is 0 Å². The molecule has 0 spiro atoms. The third-order valence-corrected chi connectivity index (χ3v) is 3.59. The summed E-state index contributed by atoms with van der Waals surface area (Å²) in [6.45, 7) is 6.67. The zero-order chi connectivity index (χ0) is 21.0. The Morgan fingerprint density at radius 1 is 0.923 bits per heavy atom. The highest BCUT2D eigenvalue weighted by Crippen LogP contribution is 2.53. The largest absolute Gasteiger partial charge is 0.451 e. The van der Waals surface area contributed by atoms with E-state index in [4.69, 9.17) is 0 Å². The van der Waals surface area contributed by atoms with Crippen LogP contribution in [0.3, 0.4) is 0 Å². The number of carbonyl (C=O) groups is 2. The molecule has 10 heteroatoms. The second-order valence-electron chi connectivity index (χ2n) is 6.29. The number of hydrogen-bond acceptors (Lipinski definition) is 4. The van der Waals surface area contributed by atoms with E-state index < -0.39 is 47.5 Å². The van der Waals surface area contributed by atoms with Gasteiger partial charge in [0.1, 0.15) is 0 Å². The van der Waals surface area contributed by atoms with Gasteiger partial charge in [0.25, 0.3) is 0 Å². The smallest absolute Gasteiger partial charge is 0.441 e. The van der Waals surface area contributed by atoms with Gasteiger partial charge in [-0.3, -0.25) is 4.79 Å². The number of unbranched alkanes of at least 4 members (excludes halogenated alkanes) is 2. The molecule has 0 aliphatic heterocycles. The maximum atomic E-state index is 13.6. The monoisotopic (exact) mass is 392 g/mol. The molecule has 4 nitrogen and oxygen atoms in total. The SMILES string of the molecule is C=C(C)C(=O)OC(C)(C)C(OC(=O)CCCCC)(C(F)(F)F)C(F)(F)F. The van der Waals surface area contributed by atoms with E-state index in [-0.39, 0.29) is 6.42 Å². The summed E-state index contributed by atoms with van der Waals surface area (Å²) < 4.78 is 89.7. The van der Waals surface area contributed by atoms with Crippen molar-refractivity contribution in [3.63, 3.8) is 0 Å². The van der Waals surface area contributed by atoms with Gasteiger partial charge in [0.05, 0.1) is 0 Å². The van der Waals surface area contributed by atoms with Crippen LogP contribution in [0.5, 0.6) is 0 Å². The van der Waals surface area contributed by atoms with E-state index in [0.29, 0.717) is 26.7 Å². The van der Waals surface area contributed by atoms with Crippen LogP contribution < -0.4 is 0 Å².